The molecule has 0 bridgehead atoms. The highest BCUT2D eigenvalue weighted by Gasteiger charge is 2.08. The van der Waals surface area contributed by atoms with Crippen molar-refractivity contribution in [1.82, 2.24) is 19.7 Å². The van der Waals surface area contributed by atoms with Crippen LogP contribution in [0.4, 0.5) is 11.6 Å². The van der Waals surface area contributed by atoms with E-state index in [0.717, 1.165) is 17.1 Å². The minimum Gasteiger partial charge on any atom is -0.364 e. The van der Waals surface area contributed by atoms with Crippen LogP contribution in [0.3, 0.4) is 0 Å². The fourth-order valence-corrected chi connectivity index (χ4v) is 1.67. The van der Waals surface area contributed by atoms with Gasteiger partial charge in [-0.3, -0.25) is 4.68 Å². The highest BCUT2D eigenvalue weighted by molar-refractivity contribution is 5.56. The van der Waals surface area contributed by atoms with Crippen molar-refractivity contribution in [1.29, 1.82) is 0 Å². The second kappa shape index (κ2) is 5.01. The Hall–Kier alpha value is -2.15. The van der Waals surface area contributed by atoms with Crippen molar-refractivity contribution in [2.24, 2.45) is 12.9 Å². The maximum atomic E-state index is 5.42. The predicted molar refractivity (Wildman–Crippen MR) is 69.9 cm³/mol. The van der Waals surface area contributed by atoms with Crippen LogP contribution in [0.5, 0.6) is 0 Å². The molecule has 0 aliphatic carbocycles. The van der Waals surface area contributed by atoms with E-state index in [0.29, 0.717) is 18.2 Å². The third-order valence-corrected chi connectivity index (χ3v) is 2.60. The number of hydrogen-bond acceptors (Lipinski definition) is 6. The van der Waals surface area contributed by atoms with Gasteiger partial charge in [0.15, 0.2) is 0 Å². The first-order valence-electron chi connectivity index (χ1n) is 5.64. The molecule has 0 radical (unpaired) electrons. The number of nitrogen functional groups attached to an aromatic ring is 1. The van der Waals surface area contributed by atoms with Gasteiger partial charge in [0.05, 0.1) is 12.2 Å². The minimum absolute atomic E-state index is 0.613. The molecule has 96 valence electrons. The van der Waals surface area contributed by atoms with Gasteiger partial charge in [-0.15, -0.1) is 0 Å². The highest BCUT2D eigenvalue weighted by atomic mass is 15.3. The fraction of sp³-hybridized carbons (Fsp3) is 0.364. The van der Waals surface area contributed by atoms with Crippen molar-refractivity contribution in [2.75, 3.05) is 10.7 Å². The zero-order chi connectivity index (χ0) is 13.1. The molecule has 0 fully saturated rings. The lowest BCUT2D eigenvalue weighted by molar-refractivity contribution is 0.746. The zero-order valence-corrected chi connectivity index (χ0v) is 10.7. The second-order valence-corrected chi connectivity index (χ2v) is 4.07. The number of nitrogens with one attached hydrogen (secondary N) is 2. The molecular formula is C11H17N7. The molecule has 0 aromatic carbocycles. The maximum absolute atomic E-state index is 5.42. The molecule has 2 aromatic heterocycles. The summed E-state index contributed by atoms with van der Waals surface area (Å²) in [6.07, 6.45) is 1.90. The molecule has 0 unspecified atom stereocenters. The monoisotopic (exact) mass is 247 g/mol. The first-order valence-corrected chi connectivity index (χ1v) is 5.64. The van der Waals surface area contributed by atoms with E-state index in [1.54, 1.807) is 4.68 Å². The maximum Gasteiger partial charge on any atom is 0.148 e. The quantitative estimate of drug-likeness (QED) is 0.544. The third kappa shape index (κ3) is 2.57. The molecule has 2 rings (SSSR count). The van der Waals surface area contributed by atoms with Crippen LogP contribution in [-0.2, 0) is 13.6 Å². The van der Waals surface area contributed by atoms with E-state index in [2.05, 4.69) is 25.8 Å². The Labute approximate surface area is 105 Å². The van der Waals surface area contributed by atoms with Gasteiger partial charge in [-0.2, -0.15) is 5.10 Å². The Bertz CT molecular complexity index is 546. The van der Waals surface area contributed by atoms with E-state index in [1.807, 2.05) is 33.2 Å². The third-order valence-electron chi connectivity index (χ3n) is 2.60. The van der Waals surface area contributed by atoms with Gasteiger partial charge in [-0.05, 0) is 19.9 Å². The molecule has 2 heterocycles. The van der Waals surface area contributed by atoms with Gasteiger partial charge in [0.25, 0.3) is 0 Å². The molecule has 7 heteroatoms. The molecule has 18 heavy (non-hydrogen) atoms. The number of hydrazine groups is 1. The largest absolute Gasteiger partial charge is 0.364 e. The molecular weight excluding hydrogens is 230 g/mol. The minimum atomic E-state index is 0.613. The van der Waals surface area contributed by atoms with Gasteiger partial charge >= 0.3 is 0 Å². The van der Waals surface area contributed by atoms with Crippen LogP contribution in [0.25, 0.3) is 0 Å². The summed E-state index contributed by atoms with van der Waals surface area (Å²) >= 11 is 0. The molecule has 7 nitrogen and oxygen atoms in total. The van der Waals surface area contributed by atoms with Gasteiger partial charge in [-0.1, -0.05) is 0 Å². The summed E-state index contributed by atoms with van der Waals surface area (Å²) in [6.45, 7) is 4.35. The van der Waals surface area contributed by atoms with E-state index in [9.17, 15) is 0 Å². The lowest BCUT2D eigenvalue weighted by Gasteiger charge is -2.11. The second-order valence-electron chi connectivity index (χ2n) is 4.07. The molecule has 0 saturated carbocycles. The van der Waals surface area contributed by atoms with E-state index in [1.165, 1.54) is 0 Å². The standard InChI is InChI=1S/C11H17N7/c1-7-10(14-8(2)15-11(7)16-12)13-6-9-4-5-18(3)17-9/h4-5H,6,12H2,1-3H3,(H2,13,14,15,16). The van der Waals surface area contributed by atoms with Crippen molar-refractivity contribution >= 4 is 11.6 Å². The number of nitrogens with zero attached hydrogens (tertiary/aromatic N) is 4. The predicted octanol–water partition coefficient (Wildman–Crippen LogP) is 0.725. The number of aromatic nitrogens is 4. The van der Waals surface area contributed by atoms with Crippen LogP contribution < -0.4 is 16.6 Å². The van der Waals surface area contributed by atoms with Crippen LogP contribution >= 0.6 is 0 Å². The summed E-state index contributed by atoms with van der Waals surface area (Å²) in [5.41, 5.74) is 4.41. The molecule has 0 aliphatic rings. The van der Waals surface area contributed by atoms with Crippen LogP contribution in [-0.4, -0.2) is 19.7 Å². The first kappa shape index (κ1) is 12.3. The first-order chi connectivity index (χ1) is 8.60. The van der Waals surface area contributed by atoms with Crippen molar-refractivity contribution in [3.8, 4) is 0 Å². The molecule has 4 N–H and O–H groups in total. The number of nitrogens with two attached hydrogens (primary N) is 1. The average molecular weight is 247 g/mol. The summed E-state index contributed by atoms with van der Waals surface area (Å²) < 4.78 is 1.77. The van der Waals surface area contributed by atoms with Crippen LogP contribution in [0.2, 0.25) is 0 Å². The van der Waals surface area contributed by atoms with Crippen molar-refractivity contribution < 1.29 is 0 Å². The molecule has 0 spiro atoms. The van der Waals surface area contributed by atoms with Crippen molar-refractivity contribution in [3.63, 3.8) is 0 Å². The smallest absolute Gasteiger partial charge is 0.148 e. The lowest BCUT2D eigenvalue weighted by Crippen LogP contribution is -2.14. The summed E-state index contributed by atoms with van der Waals surface area (Å²) in [7, 11) is 1.89. The van der Waals surface area contributed by atoms with Crippen LogP contribution in [0.15, 0.2) is 12.3 Å². The van der Waals surface area contributed by atoms with Gasteiger partial charge in [0.1, 0.15) is 17.5 Å². The van der Waals surface area contributed by atoms with Gasteiger partial charge in [0.2, 0.25) is 0 Å². The molecule has 2 aromatic rings. The Kier molecular flexibility index (Phi) is 3.42. The van der Waals surface area contributed by atoms with Crippen molar-refractivity contribution in [2.45, 2.75) is 20.4 Å². The van der Waals surface area contributed by atoms with E-state index >= 15 is 0 Å². The summed E-state index contributed by atoms with van der Waals surface area (Å²) in [6, 6.07) is 1.96. The Morgan fingerprint density at radius 2 is 2.00 bits per heavy atom. The Morgan fingerprint density at radius 3 is 2.61 bits per heavy atom. The SMILES string of the molecule is Cc1nc(NN)c(C)c(NCc2ccn(C)n2)n1. The normalized spacial score (nSPS) is 10.4. The molecule has 0 atom stereocenters. The van der Waals surface area contributed by atoms with Gasteiger partial charge in [-0.25, -0.2) is 15.8 Å². The molecule has 0 aliphatic heterocycles. The van der Waals surface area contributed by atoms with E-state index in [4.69, 9.17) is 5.84 Å². The topological polar surface area (TPSA) is 93.7 Å². The van der Waals surface area contributed by atoms with Gasteiger partial charge < -0.3 is 10.7 Å². The van der Waals surface area contributed by atoms with Crippen LogP contribution in [0, 0.1) is 13.8 Å². The van der Waals surface area contributed by atoms with Gasteiger partial charge in [0, 0.05) is 18.8 Å². The summed E-state index contributed by atoms with van der Waals surface area (Å²) in [5, 5.41) is 7.53. The molecule has 0 saturated heterocycles. The summed E-state index contributed by atoms with van der Waals surface area (Å²) in [5.74, 6) is 7.47. The molecule has 0 amide bonds. The van der Waals surface area contributed by atoms with E-state index < -0.39 is 0 Å². The number of aryl methyl sites for hydroxylation is 2. The lowest BCUT2D eigenvalue weighted by atomic mass is 10.3. The fourth-order valence-electron chi connectivity index (χ4n) is 1.67. The number of anilines is 2. The van der Waals surface area contributed by atoms with E-state index in [-0.39, 0.29) is 0 Å². The Morgan fingerprint density at radius 1 is 1.28 bits per heavy atom. The summed E-state index contributed by atoms with van der Waals surface area (Å²) in [4.78, 5) is 8.55. The number of rotatable bonds is 4. The van der Waals surface area contributed by atoms with Crippen LogP contribution in [0.1, 0.15) is 17.1 Å². The van der Waals surface area contributed by atoms with Crippen molar-refractivity contribution in [3.05, 3.63) is 29.3 Å². The zero-order valence-electron chi connectivity index (χ0n) is 10.7. The average Bonchev–Trinajstić information content (AvgIpc) is 2.75. The highest BCUT2D eigenvalue weighted by Crippen LogP contribution is 2.19. The Balaban J connectivity index is 2.16. The number of hydrogen-bond donors (Lipinski definition) is 3.